The van der Waals surface area contributed by atoms with Crippen LogP contribution in [0.4, 0.5) is 10.1 Å². The zero-order valence-corrected chi connectivity index (χ0v) is 17.0. The van der Waals surface area contributed by atoms with Crippen molar-refractivity contribution in [2.24, 2.45) is 17.8 Å². The number of hydrogen-bond acceptors (Lipinski definition) is 3. The van der Waals surface area contributed by atoms with Crippen LogP contribution < -0.4 is 10.2 Å². The number of para-hydroxylation sites is 1. The number of carbonyl (C=O) groups excluding carboxylic acids is 2. The number of benzene rings is 1. The van der Waals surface area contributed by atoms with Crippen LogP contribution in [0.1, 0.15) is 39.5 Å². The first-order valence-electron chi connectivity index (χ1n) is 10.5. The van der Waals surface area contributed by atoms with Crippen molar-refractivity contribution in [3.63, 3.8) is 0 Å². The van der Waals surface area contributed by atoms with Crippen molar-refractivity contribution in [2.75, 3.05) is 37.6 Å². The fraction of sp³-hybridized carbons (Fsp3) is 0.636. The lowest BCUT2D eigenvalue weighted by molar-refractivity contribution is -0.126. The molecule has 6 heteroatoms. The average Bonchev–Trinajstić information content (AvgIpc) is 3.02. The second-order valence-corrected chi connectivity index (χ2v) is 8.56. The molecule has 0 bridgehead atoms. The molecular weight excluding hydrogens is 357 g/mol. The van der Waals surface area contributed by atoms with E-state index in [1.54, 1.807) is 18.2 Å². The molecule has 0 aromatic heterocycles. The van der Waals surface area contributed by atoms with E-state index in [0.29, 0.717) is 6.54 Å². The number of halogens is 1. The third kappa shape index (κ3) is 5.31. The van der Waals surface area contributed by atoms with Gasteiger partial charge in [0, 0.05) is 32.6 Å². The third-order valence-corrected chi connectivity index (χ3v) is 5.78. The number of piperidine rings is 1. The van der Waals surface area contributed by atoms with Crippen LogP contribution in [-0.2, 0) is 9.59 Å². The number of nitrogens with zero attached hydrogens (tertiary/aromatic N) is 2. The highest BCUT2D eigenvalue weighted by molar-refractivity contribution is 6.00. The van der Waals surface area contributed by atoms with E-state index in [0.717, 1.165) is 31.2 Å². The highest BCUT2D eigenvalue weighted by atomic mass is 19.1. The first kappa shape index (κ1) is 20.8. The first-order valence-corrected chi connectivity index (χ1v) is 10.5. The molecule has 2 aliphatic heterocycles. The summed E-state index contributed by atoms with van der Waals surface area (Å²) in [5.41, 5.74) is 0.257. The number of rotatable bonds is 7. The van der Waals surface area contributed by atoms with Gasteiger partial charge in [0.1, 0.15) is 5.82 Å². The second kappa shape index (κ2) is 9.50. The number of unbranched alkanes of at least 4 members (excludes halogenated alkanes) is 1. The van der Waals surface area contributed by atoms with E-state index in [1.165, 1.54) is 30.5 Å². The zero-order valence-electron chi connectivity index (χ0n) is 17.0. The maximum Gasteiger partial charge on any atom is 0.227 e. The molecule has 0 saturated carbocycles. The Morgan fingerprint density at radius 2 is 1.86 bits per heavy atom. The number of hydrogen-bond donors (Lipinski definition) is 1. The largest absolute Gasteiger partial charge is 0.356 e. The molecule has 5 nitrogen and oxygen atoms in total. The van der Waals surface area contributed by atoms with Crippen LogP contribution >= 0.6 is 0 Å². The molecule has 2 aliphatic rings. The van der Waals surface area contributed by atoms with Gasteiger partial charge in [0.15, 0.2) is 0 Å². The molecule has 2 fully saturated rings. The van der Waals surface area contributed by atoms with Crippen molar-refractivity contribution in [2.45, 2.75) is 39.5 Å². The normalized spacial score (nSPS) is 25.9. The van der Waals surface area contributed by atoms with Crippen molar-refractivity contribution >= 4 is 17.5 Å². The molecule has 1 N–H and O–H groups in total. The van der Waals surface area contributed by atoms with Gasteiger partial charge in [-0.05, 0) is 49.8 Å². The molecule has 0 radical (unpaired) electrons. The second-order valence-electron chi connectivity index (χ2n) is 8.56. The minimum atomic E-state index is -0.432. The van der Waals surface area contributed by atoms with Crippen molar-refractivity contribution in [1.82, 2.24) is 10.2 Å². The number of likely N-dealkylation sites (tertiary alicyclic amines) is 1. The van der Waals surface area contributed by atoms with Crippen molar-refractivity contribution in [3.8, 4) is 0 Å². The SMILES string of the molecule is CC1CC(C)CN(CCCCNC(=O)C2CC(=O)N(c3ccccc3F)C2)C1. The molecular formula is C22H32FN3O2. The van der Waals surface area contributed by atoms with Gasteiger partial charge >= 0.3 is 0 Å². The van der Waals surface area contributed by atoms with Crippen molar-refractivity contribution < 1.29 is 14.0 Å². The van der Waals surface area contributed by atoms with Gasteiger partial charge in [-0.15, -0.1) is 0 Å². The molecule has 0 spiro atoms. The average molecular weight is 390 g/mol. The third-order valence-electron chi connectivity index (χ3n) is 5.78. The number of amides is 2. The molecule has 28 heavy (non-hydrogen) atoms. The van der Waals surface area contributed by atoms with Crippen LogP contribution in [0.3, 0.4) is 0 Å². The van der Waals surface area contributed by atoms with Gasteiger partial charge in [-0.25, -0.2) is 4.39 Å². The summed E-state index contributed by atoms with van der Waals surface area (Å²) in [7, 11) is 0. The molecule has 3 atom stereocenters. The van der Waals surface area contributed by atoms with Crippen molar-refractivity contribution in [3.05, 3.63) is 30.1 Å². The van der Waals surface area contributed by atoms with E-state index in [4.69, 9.17) is 0 Å². The van der Waals surface area contributed by atoms with Crippen LogP contribution in [0.25, 0.3) is 0 Å². The molecule has 154 valence electrons. The number of nitrogens with one attached hydrogen (secondary N) is 1. The van der Waals surface area contributed by atoms with Gasteiger partial charge in [-0.2, -0.15) is 0 Å². The summed E-state index contributed by atoms with van der Waals surface area (Å²) in [6.07, 6.45) is 3.45. The van der Waals surface area contributed by atoms with Gasteiger partial charge in [-0.1, -0.05) is 26.0 Å². The minimum Gasteiger partial charge on any atom is -0.356 e. The molecule has 1 aromatic rings. The van der Waals surface area contributed by atoms with Crippen LogP contribution in [0.2, 0.25) is 0 Å². The minimum absolute atomic E-state index is 0.104. The summed E-state index contributed by atoms with van der Waals surface area (Å²) in [4.78, 5) is 28.5. The summed E-state index contributed by atoms with van der Waals surface area (Å²) in [5.74, 6) is 0.390. The molecule has 3 unspecified atom stereocenters. The topological polar surface area (TPSA) is 52.7 Å². The maximum absolute atomic E-state index is 13.9. The van der Waals surface area contributed by atoms with E-state index >= 15 is 0 Å². The Labute approximate surface area is 167 Å². The van der Waals surface area contributed by atoms with E-state index in [1.807, 2.05) is 0 Å². The Morgan fingerprint density at radius 3 is 2.57 bits per heavy atom. The standard InChI is InChI=1S/C22H32FN3O2/c1-16-11-17(2)14-25(13-16)10-6-5-9-24-22(28)18-12-21(27)26(15-18)20-8-4-3-7-19(20)23/h3-4,7-8,16-18H,5-6,9-15H2,1-2H3,(H,24,28). The Kier molecular flexibility index (Phi) is 7.05. The number of carbonyl (C=O) groups is 2. The van der Waals surface area contributed by atoms with E-state index in [-0.39, 0.29) is 30.5 Å². The summed E-state index contributed by atoms with van der Waals surface area (Å²) < 4.78 is 13.9. The molecule has 3 rings (SSSR count). The highest BCUT2D eigenvalue weighted by Crippen LogP contribution is 2.27. The predicted octanol–water partition coefficient (Wildman–Crippen LogP) is 3.05. The predicted molar refractivity (Wildman–Crippen MR) is 108 cm³/mol. The lowest BCUT2D eigenvalue weighted by Gasteiger charge is -2.34. The van der Waals surface area contributed by atoms with Gasteiger partial charge in [-0.3, -0.25) is 9.59 Å². The van der Waals surface area contributed by atoms with E-state index in [2.05, 4.69) is 24.1 Å². The summed E-state index contributed by atoms with van der Waals surface area (Å²) in [6.45, 7) is 8.93. The molecule has 1 aromatic carbocycles. The fourth-order valence-corrected chi connectivity index (χ4v) is 4.58. The highest BCUT2D eigenvalue weighted by Gasteiger charge is 2.35. The Morgan fingerprint density at radius 1 is 1.14 bits per heavy atom. The van der Waals surface area contributed by atoms with Crippen LogP contribution in [0, 0.1) is 23.6 Å². The summed E-state index contributed by atoms with van der Waals surface area (Å²) in [6, 6.07) is 6.20. The number of anilines is 1. The first-order chi connectivity index (χ1) is 13.4. The van der Waals surface area contributed by atoms with E-state index in [9.17, 15) is 14.0 Å². The summed E-state index contributed by atoms with van der Waals surface area (Å²) in [5, 5.41) is 2.96. The molecule has 2 heterocycles. The molecule has 2 saturated heterocycles. The zero-order chi connectivity index (χ0) is 20.1. The van der Waals surface area contributed by atoms with Crippen LogP contribution in [0.5, 0.6) is 0 Å². The maximum atomic E-state index is 13.9. The monoisotopic (exact) mass is 389 g/mol. The van der Waals surface area contributed by atoms with Gasteiger partial charge in [0.2, 0.25) is 11.8 Å². The summed E-state index contributed by atoms with van der Waals surface area (Å²) >= 11 is 0. The van der Waals surface area contributed by atoms with E-state index < -0.39 is 11.7 Å². The lowest BCUT2D eigenvalue weighted by atomic mass is 9.92. The Hall–Kier alpha value is -1.95. The van der Waals surface area contributed by atoms with Crippen molar-refractivity contribution in [1.29, 1.82) is 0 Å². The quantitative estimate of drug-likeness (QED) is 0.730. The molecule has 2 amide bonds. The molecule has 0 aliphatic carbocycles. The van der Waals surface area contributed by atoms with Gasteiger partial charge in [0.25, 0.3) is 0 Å². The van der Waals surface area contributed by atoms with Crippen LogP contribution in [0.15, 0.2) is 24.3 Å². The lowest BCUT2D eigenvalue weighted by Crippen LogP contribution is -2.39. The van der Waals surface area contributed by atoms with Gasteiger partial charge < -0.3 is 15.1 Å². The Balaban J connectivity index is 1.37. The van der Waals surface area contributed by atoms with Crippen LogP contribution in [-0.4, -0.2) is 49.4 Å². The smallest absolute Gasteiger partial charge is 0.227 e. The Bertz CT molecular complexity index is 686. The van der Waals surface area contributed by atoms with Gasteiger partial charge in [0.05, 0.1) is 11.6 Å². The fourth-order valence-electron chi connectivity index (χ4n) is 4.58.